The summed E-state index contributed by atoms with van der Waals surface area (Å²) in [5.41, 5.74) is 0.881. The van der Waals surface area contributed by atoms with Gasteiger partial charge in [0.25, 0.3) is 0 Å². The number of aliphatic hydroxyl groups excluding tert-OH is 1. The van der Waals surface area contributed by atoms with Crippen molar-refractivity contribution in [2.24, 2.45) is 0 Å². The first kappa shape index (κ1) is 14.2. The Morgan fingerprint density at radius 3 is 2.89 bits per heavy atom. The smallest absolute Gasteiger partial charge is 0.247 e. The van der Waals surface area contributed by atoms with Crippen molar-refractivity contribution in [3.8, 4) is 11.5 Å². The van der Waals surface area contributed by atoms with Crippen molar-refractivity contribution >= 4 is 15.9 Å². The molecule has 6 heteroatoms. The van der Waals surface area contributed by atoms with Crippen LogP contribution in [-0.4, -0.2) is 39.9 Å². The van der Waals surface area contributed by atoms with Gasteiger partial charge >= 0.3 is 0 Å². The summed E-state index contributed by atoms with van der Waals surface area (Å²) in [7, 11) is 1.91. The van der Waals surface area contributed by atoms with Gasteiger partial charge in [0.05, 0.1) is 13.2 Å². The predicted octanol–water partition coefficient (Wildman–Crippen LogP) is 2.31. The molecular weight excluding hydrogens is 310 g/mol. The Labute approximate surface area is 120 Å². The first-order chi connectivity index (χ1) is 9.10. The molecule has 1 atom stereocenters. The zero-order chi connectivity index (χ0) is 13.8. The van der Waals surface area contributed by atoms with E-state index in [1.54, 1.807) is 0 Å². The van der Waals surface area contributed by atoms with Gasteiger partial charge in [-0.3, -0.25) is 4.90 Å². The molecule has 2 rings (SSSR count). The van der Waals surface area contributed by atoms with Gasteiger partial charge in [0, 0.05) is 16.1 Å². The molecule has 0 spiro atoms. The molecule has 1 heterocycles. The standard InChI is InChI=1S/C13H16BrN3O2/c1-9(8-18)17(2)7-12-15-16-13(19-12)10-4-3-5-11(14)6-10/h3-6,9,18H,7-8H2,1-2H3. The normalized spacial score (nSPS) is 12.9. The topological polar surface area (TPSA) is 62.4 Å². The Bertz CT molecular complexity index is 544. The Balaban J connectivity index is 2.11. The highest BCUT2D eigenvalue weighted by atomic mass is 79.9. The van der Waals surface area contributed by atoms with Crippen LogP contribution in [-0.2, 0) is 6.54 Å². The molecule has 1 aromatic heterocycles. The van der Waals surface area contributed by atoms with Crippen molar-refractivity contribution in [2.45, 2.75) is 19.5 Å². The molecule has 19 heavy (non-hydrogen) atoms. The van der Waals surface area contributed by atoms with Crippen molar-refractivity contribution in [1.82, 2.24) is 15.1 Å². The van der Waals surface area contributed by atoms with Crippen LogP contribution in [0.5, 0.6) is 0 Å². The van der Waals surface area contributed by atoms with E-state index in [9.17, 15) is 0 Å². The molecule has 1 unspecified atom stereocenters. The second-order valence-corrected chi connectivity index (χ2v) is 5.37. The van der Waals surface area contributed by atoms with Crippen LogP contribution in [0.15, 0.2) is 33.2 Å². The summed E-state index contributed by atoms with van der Waals surface area (Å²) >= 11 is 3.41. The highest BCUT2D eigenvalue weighted by molar-refractivity contribution is 9.10. The summed E-state index contributed by atoms with van der Waals surface area (Å²) in [6, 6.07) is 7.77. The van der Waals surface area contributed by atoms with Crippen LogP contribution in [0.2, 0.25) is 0 Å². The van der Waals surface area contributed by atoms with E-state index in [4.69, 9.17) is 9.52 Å². The molecule has 0 fully saturated rings. The lowest BCUT2D eigenvalue weighted by Crippen LogP contribution is -2.31. The summed E-state index contributed by atoms with van der Waals surface area (Å²) in [4.78, 5) is 1.96. The van der Waals surface area contributed by atoms with Crippen molar-refractivity contribution in [2.75, 3.05) is 13.7 Å². The van der Waals surface area contributed by atoms with Crippen LogP contribution in [0.4, 0.5) is 0 Å². The fourth-order valence-corrected chi connectivity index (χ4v) is 1.96. The highest BCUT2D eigenvalue weighted by Gasteiger charge is 2.14. The Morgan fingerprint density at radius 2 is 2.21 bits per heavy atom. The zero-order valence-electron chi connectivity index (χ0n) is 10.9. The molecule has 0 bridgehead atoms. The highest BCUT2D eigenvalue weighted by Crippen LogP contribution is 2.22. The molecule has 0 radical (unpaired) electrons. The maximum absolute atomic E-state index is 9.08. The van der Waals surface area contributed by atoms with Crippen LogP contribution in [0, 0.1) is 0 Å². The van der Waals surface area contributed by atoms with Crippen LogP contribution >= 0.6 is 15.9 Å². The molecule has 1 N–H and O–H groups in total. The third-order valence-electron chi connectivity index (χ3n) is 2.94. The summed E-state index contributed by atoms with van der Waals surface area (Å²) < 4.78 is 6.59. The van der Waals surface area contributed by atoms with Gasteiger partial charge in [-0.05, 0) is 32.2 Å². The maximum atomic E-state index is 9.08. The van der Waals surface area contributed by atoms with E-state index in [2.05, 4.69) is 26.1 Å². The van der Waals surface area contributed by atoms with Gasteiger partial charge in [-0.2, -0.15) is 0 Å². The molecule has 0 aliphatic carbocycles. The van der Waals surface area contributed by atoms with Crippen LogP contribution in [0.3, 0.4) is 0 Å². The van der Waals surface area contributed by atoms with E-state index < -0.39 is 0 Å². The molecule has 2 aromatic rings. The lowest BCUT2D eigenvalue weighted by atomic mass is 10.2. The van der Waals surface area contributed by atoms with Gasteiger partial charge in [-0.15, -0.1) is 10.2 Å². The number of hydrogen-bond donors (Lipinski definition) is 1. The quantitative estimate of drug-likeness (QED) is 0.914. The lowest BCUT2D eigenvalue weighted by molar-refractivity contribution is 0.145. The third-order valence-corrected chi connectivity index (χ3v) is 3.43. The summed E-state index contributed by atoms with van der Waals surface area (Å²) in [6.45, 7) is 2.55. The average Bonchev–Trinajstić information content (AvgIpc) is 2.86. The molecular formula is C13H16BrN3O2. The van der Waals surface area contributed by atoms with Crippen LogP contribution in [0.1, 0.15) is 12.8 Å². The van der Waals surface area contributed by atoms with Crippen molar-refractivity contribution in [3.63, 3.8) is 0 Å². The summed E-state index contributed by atoms with van der Waals surface area (Å²) in [5.74, 6) is 1.04. The number of hydrogen-bond acceptors (Lipinski definition) is 5. The van der Waals surface area contributed by atoms with Crippen molar-refractivity contribution in [3.05, 3.63) is 34.6 Å². The number of aromatic nitrogens is 2. The van der Waals surface area contributed by atoms with E-state index in [0.29, 0.717) is 18.3 Å². The Kier molecular flexibility index (Phi) is 4.68. The molecule has 5 nitrogen and oxygen atoms in total. The second kappa shape index (κ2) is 6.27. The minimum atomic E-state index is 0.0567. The average molecular weight is 326 g/mol. The molecule has 0 saturated carbocycles. The summed E-state index contributed by atoms with van der Waals surface area (Å²) in [6.07, 6.45) is 0. The second-order valence-electron chi connectivity index (χ2n) is 4.46. The third kappa shape index (κ3) is 3.62. The van der Waals surface area contributed by atoms with Gasteiger partial charge in [0.1, 0.15) is 0 Å². The zero-order valence-corrected chi connectivity index (χ0v) is 12.5. The van der Waals surface area contributed by atoms with Gasteiger partial charge < -0.3 is 9.52 Å². The van der Waals surface area contributed by atoms with Gasteiger partial charge in [-0.25, -0.2) is 0 Å². The molecule has 1 aromatic carbocycles. The van der Waals surface area contributed by atoms with E-state index in [0.717, 1.165) is 10.0 Å². The first-order valence-corrected chi connectivity index (χ1v) is 6.79. The number of likely N-dealkylation sites (N-methyl/N-ethyl adjacent to an activating group) is 1. The minimum absolute atomic E-state index is 0.0567. The van der Waals surface area contributed by atoms with Gasteiger partial charge in [-0.1, -0.05) is 22.0 Å². The molecule has 0 amide bonds. The van der Waals surface area contributed by atoms with Gasteiger partial charge in [0.2, 0.25) is 11.8 Å². The Hall–Kier alpha value is -1.24. The lowest BCUT2D eigenvalue weighted by Gasteiger charge is -2.20. The number of aliphatic hydroxyl groups is 1. The largest absolute Gasteiger partial charge is 0.419 e. The van der Waals surface area contributed by atoms with E-state index in [-0.39, 0.29) is 12.6 Å². The van der Waals surface area contributed by atoms with Crippen LogP contribution in [0.25, 0.3) is 11.5 Å². The van der Waals surface area contributed by atoms with Gasteiger partial charge in [0.15, 0.2) is 0 Å². The van der Waals surface area contributed by atoms with Crippen LogP contribution < -0.4 is 0 Å². The number of rotatable bonds is 5. The maximum Gasteiger partial charge on any atom is 0.247 e. The molecule has 0 aliphatic heterocycles. The summed E-state index contributed by atoms with van der Waals surface area (Å²) in [5, 5.41) is 17.1. The Morgan fingerprint density at radius 1 is 1.42 bits per heavy atom. The van der Waals surface area contributed by atoms with E-state index >= 15 is 0 Å². The molecule has 102 valence electrons. The number of nitrogens with zero attached hydrogens (tertiary/aromatic N) is 3. The van der Waals surface area contributed by atoms with E-state index in [1.807, 2.05) is 43.1 Å². The molecule has 0 saturated heterocycles. The van der Waals surface area contributed by atoms with Crippen molar-refractivity contribution in [1.29, 1.82) is 0 Å². The number of benzene rings is 1. The number of halogens is 1. The fourth-order valence-electron chi connectivity index (χ4n) is 1.56. The SMILES string of the molecule is CC(CO)N(C)Cc1nnc(-c2cccc(Br)c2)o1. The first-order valence-electron chi connectivity index (χ1n) is 5.99. The predicted molar refractivity (Wildman–Crippen MR) is 75.4 cm³/mol. The minimum Gasteiger partial charge on any atom is -0.419 e. The monoisotopic (exact) mass is 325 g/mol. The van der Waals surface area contributed by atoms with E-state index in [1.165, 1.54) is 0 Å². The van der Waals surface area contributed by atoms with Crippen molar-refractivity contribution < 1.29 is 9.52 Å². The molecule has 0 aliphatic rings. The fraction of sp³-hybridized carbons (Fsp3) is 0.385.